The van der Waals surface area contributed by atoms with Gasteiger partial charge in [-0.05, 0) is 18.9 Å². The van der Waals surface area contributed by atoms with Crippen molar-refractivity contribution in [1.82, 2.24) is 14.6 Å². The van der Waals surface area contributed by atoms with Crippen LogP contribution in [0.15, 0.2) is 12.3 Å². The minimum Gasteiger partial charge on any atom is -0.231 e. The number of hydrogen-bond acceptors (Lipinski definition) is 2. The van der Waals surface area contributed by atoms with Gasteiger partial charge in [-0.3, -0.25) is 0 Å². The molecule has 0 N–H and O–H groups in total. The third-order valence-corrected chi connectivity index (χ3v) is 2.39. The average Bonchev–Trinajstić information content (AvgIpc) is 2.45. The molecular formula is C10H12ClN3. The van der Waals surface area contributed by atoms with Crippen LogP contribution < -0.4 is 0 Å². The van der Waals surface area contributed by atoms with E-state index in [2.05, 4.69) is 23.9 Å². The summed E-state index contributed by atoms with van der Waals surface area (Å²) in [7, 11) is 0. The number of nitrogens with zero attached hydrogens (tertiary/aromatic N) is 3. The van der Waals surface area contributed by atoms with E-state index >= 15 is 0 Å². The molecule has 2 rings (SSSR count). The van der Waals surface area contributed by atoms with Crippen LogP contribution in [0.2, 0.25) is 5.02 Å². The summed E-state index contributed by atoms with van der Waals surface area (Å²) in [6.07, 6.45) is 1.88. The zero-order valence-electron chi connectivity index (χ0n) is 8.45. The van der Waals surface area contributed by atoms with Gasteiger partial charge in [0, 0.05) is 0 Å². The summed E-state index contributed by atoms with van der Waals surface area (Å²) < 4.78 is 1.74. The monoisotopic (exact) mass is 209 g/mol. The minimum atomic E-state index is 0.375. The van der Waals surface area contributed by atoms with Crippen molar-refractivity contribution >= 4 is 17.2 Å². The van der Waals surface area contributed by atoms with Crippen LogP contribution in [0.4, 0.5) is 0 Å². The first-order valence-electron chi connectivity index (χ1n) is 4.60. The second-order valence-electron chi connectivity index (χ2n) is 3.72. The molecule has 0 amide bonds. The maximum atomic E-state index is 6.10. The average molecular weight is 210 g/mol. The standard InChI is InChI=1S/C10H12ClN3/c1-6(2)9-4-8(11)10-12-7(3)5-14(10)13-9/h4-6H,1-3H3. The van der Waals surface area contributed by atoms with Crippen LogP contribution in [-0.4, -0.2) is 14.6 Å². The number of rotatable bonds is 1. The normalized spacial score (nSPS) is 11.5. The van der Waals surface area contributed by atoms with E-state index in [-0.39, 0.29) is 0 Å². The van der Waals surface area contributed by atoms with Gasteiger partial charge >= 0.3 is 0 Å². The van der Waals surface area contributed by atoms with Crippen LogP contribution in [0.5, 0.6) is 0 Å². The van der Waals surface area contributed by atoms with E-state index in [1.807, 2.05) is 19.2 Å². The van der Waals surface area contributed by atoms with Gasteiger partial charge in [-0.1, -0.05) is 25.4 Å². The first-order chi connectivity index (χ1) is 6.58. The summed E-state index contributed by atoms with van der Waals surface area (Å²) in [5.74, 6) is 0.375. The summed E-state index contributed by atoms with van der Waals surface area (Å²) in [6, 6.07) is 1.88. The number of imidazole rings is 1. The summed E-state index contributed by atoms with van der Waals surface area (Å²) in [4.78, 5) is 4.28. The van der Waals surface area contributed by atoms with Crippen molar-refractivity contribution in [2.75, 3.05) is 0 Å². The molecule has 0 fully saturated rings. The summed E-state index contributed by atoms with van der Waals surface area (Å²) >= 11 is 6.10. The van der Waals surface area contributed by atoms with Crippen molar-refractivity contribution in [2.45, 2.75) is 26.7 Å². The molecule has 2 aromatic heterocycles. The SMILES string of the molecule is Cc1cn2nc(C(C)C)cc(Cl)c2n1. The van der Waals surface area contributed by atoms with Crippen molar-refractivity contribution in [3.8, 4) is 0 Å². The highest BCUT2D eigenvalue weighted by atomic mass is 35.5. The van der Waals surface area contributed by atoms with Gasteiger partial charge in [-0.25, -0.2) is 9.50 Å². The Morgan fingerprint density at radius 2 is 2.14 bits per heavy atom. The first-order valence-corrected chi connectivity index (χ1v) is 4.98. The largest absolute Gasteiger partial charge is 0.231 e. The van der Waals surface area contributed by atoms with Gasteiger partial charge in [0.2, 0.25) is 0 Å². The highest BCUT2D eigenvalue weighted by Gasteiger charge is 2.08. The molecule has 0 aliphatic rings. The third-order valence-electron chi connectivity index (χ3n) is 2.11. The lowest BCUT2D eigenvalue weighted by Crippen LogP contribution is -1.99. The van der Waals surface area contributed by atoms with Crippen LogP contribution in [0.3, 0.4) is 0 Å². The van der Waals surface area contributed by atoms with E-state index in [4.69, 9.17) is 11.6 Å². The molecule has 0 saturated carbocycles. The van der Waals surface area contributed by atoms with Crippen molar-refractivity contribution < 1.29 is 0 Å². The molecule has 0 atom stereocenters. The number of halogens is 1. The van der Waals surface area contributed by atoms with Crippen molar-refractivity contribution in [2.24, 2.45) is 0 Å². The van der Waals surface area contributed by atoms with Crippen LogP contribution in [0.25, 0.3) is 5.65 Å². The third kappa shape index (κ3) is 1.48. The Morgan fingerprint density at radius 1 is 1.43 bits per heavy atom. The molecule has 3 nitrogen and oxygen atoms in total. The van der Waals surface area contributed by atoms with Crippen LogP contribution in [0.1, 0.15) is 31.2 Å². The molecule has 0 spiro atoms. The minimum absolute atomic E-state index is 0.375. The Labute approximate surface area is 87.7 Å². The lowest BCUT2D eigenvalue weighted by atomic mass is 10.1. The molecule has 14 heavy (non-hydrogen) atoms. The predicted molar refractivity (Wildman–Crippen MR) is 56.8 cm³/mol. The van der Waals surface area contributed by atoms with Gasteiger partial charge in [0.15, 0.2) is 5.65 Å². The van der Waals surface area contributed by atoms with E-state index in [0.29, 0.717) is 10.9 Å². The maximum absolute atomic E-state index is 6.10. The Balaban J connectivity index is 2.71. The molecule has 0 unspecified atom stereocenters. The first kappa shape index (κ1) is 9.46. The molecule has 2 aromatic rings. The molecule has 0 bridgehead atoms. The smallest absolute Gasteiger partial charge is 0.172 e. The summed E-state index contributed by atoms with van der Waals surface area (Å²) in [6.45, 7) is 6.11. The zero-order valence-corrected chi connectivity index (χ0v) is 9.21. The van der Waals surface area contributed by atoms with Crippen LogP contribution in [0, 0.1) is 6.92 Å². The van der Waals surface area contributed by atoms with Crippen molar-refractivity contribution in [3.05, 3.63) is 28.7 Å². The van der Waals surface area contributed by atoms with Crippen molar-refractivity contribution in [1.29, 1.82) is 0 Å². The van der Waals surface area contributed by atoms with Gasteiger partial charge < -0.3 is 0 Å². The highest BCUT2D eigenvalue weighted by Crippen LogP contribution is 2.20. The lowest BCUT2D eigenvalue weighted by molar-refractivity contribution is 0.763. The second kappa shape index (κ2) is 3.24. The highest BCUT2D eigenvalue weighted by molar-refractivity contribution is 6.33. The molecule has 0 aromatic carbocycles. The van der Waals surface area contributed by atoms with E-state index < -0.39 is 0 Å². The molecule has 2 heterocycles. The molecular weight excluding hydrogens is 198 g/mol. The van der Waals surface area contributed by atoms with E-state index in [1.165, 1.54) is 0 Å². The van der Waals surface area contributed by atoms with Gasteiger partial charge in [-0.15, -0.1) is 0 Å². The number of fused-ring (bicyclic) bond motifs is 1. The van der Waals surface area contributed by atoms with E-state index in [1.54, 1.807) is 4.52 Å². The van der Waals surface area contributed by atoms with Gasteiger partial charge in [0.1, 0.15) is 0 Å². The van der Waals surface area contributed by atoms with Crippen molar-refractivity contribution in [3.63, 3.8) is 0 Å². The van der Waals surface area contributed by atoms with Gasteiger partial charge in [0.05, 0.1) is 22.6 Å². The molecule has 0 saturated heterocycles. The number of aromatic nitrogens is 3. The molecule has 0 radical (unpaired) electrons. The molecule has 4 heteroatoms. The maximum Gasteiger partial charge on any atom is 0.172 e. The quantitative estimate of drug-likeness (QED) is 0.723. The summed E-state index contributed by atoms with van der Waals surface area (Å²) in [5, 5.41) is 5.09. The van der Waals surface area contributed by atoms with Gasteiger partial charge in [0.25, 0.3) is 0 Å². The van der Waals surface area contributed by atoms with Crippen LogP contribution >= 0.6 is 11.6 Å². The van der Waals surface area contributed by atoms with E-state index in [0.717, 1.165) is 17.0 Å². The fourth-order valence-corrected chi connectivity index (χ4v) is 1.59. The zero-order chi connectivity index (χ0) is 10.3. The number of hydrogen-bond donors (Lipinski definition) is 0. The fraction of sp³-hybridized carbons (Fsp3) is 0.400. The topological polar surface area (TPSA) is 30.2 Å². The Hall–Kier alpha value is -1.09. The molecule has 0 aliphatic carbocycles. The molecule has 0 aliphatic heterocycles. The second-order valence-corrected chi connectivity index (χ2v) is 4.13. The predicted octanol–water partition coefficient (Wildman–Crippen LogP) is 2.81. The molecule has 74 valence electrons. The van der Waals surface area contributed by atoms with Gasteiger partial charge in [-0.2, -0.15) is 5.10 Å². The lowest BCUT2D eigenvalue weighted by Gasteiger charge is -2.05. The Kier molecular flexibility index (Phi) is 2.19. The Morgan fingerprint density at radius 3 is 2.79 bits per heavy atom. The van der Waals surface area contributed by atoms with E-state index in [9.17, 15) is 0 Å². The Bertz CT molecular complexity index is 473. The fourth-order valence-electron chi connectivity index (χ4n) is 1.35. The number of aryl methyl sites for hydroxylation is 1. The summed E-state index contributed by atoms with van der Waals surface area (Å²) in [5.41, 5.74) is 2.65. The van der Waals surface area contributed by atoms with Crippen LogP contribution in [-0.2, 0) is 0 Å².